The lowest BCUT2D eigenvalue weighted by Crippen LogP contribution is -2.54. The topological polar surface area (TPSA) is 56.6 Å². The lowest BCUT2D eigenvalue weighted by Gasteiger charge is -2.38. The Balaban J connectivity index is 1.92. The maximum absolute atomic E-state index is 13.1. The molecule has 2 rings (SSSR count). The van der Waals surface area contributed by atoms with E-state index in [9.17, 15) is 14.4 Å². The van der Waals surface area contributed by atoms with Crippen LogP contribution in [0, 0.1) is 23.1 Å². The molecule has 1 aromatic carbocycles. The molecule has 0 radical (unpaired) electrons. The van der Waals surface area contributed by atoms with Crippen LogP contribution >= 0.6 is 15.9 Å². The number of hydrogen-bond acceptors (Lipinski definition) is 4. The lowest BCUT2D eigenvalue weighted by molar-refractivity contribution is -0.140. The zero-order valence-corrected chi connectivity index (χ0v) is 16.3. The number of halogens is 2. The second-order valence-electron chi connectivity index (χ2n) is 6.51. The molecule has 0 bridgehead atoms. The molecular weight excluding hydrogens is 389 g/mol. The van der Waals surface area contributed by atoms with Crippen molar-refractivity contribution in [3.8, 4) is 11.8 Å². The molecular formula is C18H23BrFN3O2. The van der Waals surface area contributed by atoms with Crippen LogP contribution in [0.5, 0.6) is 5.75 Å². The van der Waals surface area contributed by atoms with Gasteiger partial charge in [0.1, 0.15) is 17.6 Å². The highest BCUT2D eigenvalue weighted by atomic mass is 79.9. The van der Waals surface area contributed by atoms with E-state index in [1.165, 1.54) is 18.2 Å². The van der Waals surface area contributed by atoms with Gasteiger partial charge in [-0.3, -0.25) is 9.69 Å². The normalized spacial score (nSPS) is 17.9. The summed E-state index contributed by atoms with van der Waals surface area (Å²) < 4.78 is 19.3. The zero-order valence-electron chi connectivity index (χ0n) is 14.7. The SMILES string of the molecule is CC(Oc1ccc(F)cc1Br)C(=O)N1CCN(C(C#N)C(C)C)CC1. The van der Waals surface area contributed by atoms with Gasteiger partial charge in [-0.15, -0.1) is 0 Å². The van der Waals surface area contributed by atoms with Crippen LogP contribution in [-0.4, -0.2) is 54.0 Å². The van der Waals surface area contributed by atoms with Crippen molar-refractivity contribution in [3.05, 3.63) is 28.5 Å². The first kappa shape index (κ1) is 19.7. The minimum atomic E-state index is -0.662. The highest BCUT2D eigenvalue weighted by molar-refractivity contribution is 9.10. The van der Waals surface area contributed by atoms with Crippen LogP contribution in [0.3, 0.4) is 0 Å². The number of benzene rings is 1. The first-order valence-corrected chi connectivity index (χ1v) is 9.17. The van der Waals surface area contributed by atoms with Crippen LogP contribution in [0.25, 0.3) is 0 Å². The van der Waals surface area contributed by atoms with E-state index >= 15 is 0 Å². The Hall–Kier alpha value is -1.65. The summed E-state index contributed by atoms with van der Waals surface area (Å²) in [5, 5.41) is 9.30. The molecule has 1 aromatic rings. The molecule has 25 heavy (non-hydrogen) atoms. The maximum atomic E-state index is 13.1. The van der Waals surface area contributed by atoms with Crippen LogP contribution in [0.2, 0.25) is 0 Å². The second-order valence-corrected chi connectivity index (χ2v) is 7.37. The van der Waals surface area contributed by atoms with E-state index in [0.29, 0.717) is 36.4 Å². The zero-order chi connectivity index (χ0) is 18.6. The van der Waals surface area contributed by atoms with Crippen molar-refractivity contribution in [2.24, 2.45) is 5.92 Å². The number of hydrogen-bond donors (Lipinski definition) is 0. The molecule has 0 N–H and O–H groups in total. The third-order valence-corrected chi connectivity index (χ3v) is 4.95. The van der Waals surface area contributed by atoms with Crippen molar-refractivity contribution in [2.45, 2.75) is 32.9 Å². The van der Waals surface area contributed by atoms with Crippen LogP contribution in [0.15, 0.2) is 22.7 Å². The van der Waals surface area contributed by atoms with Gasteiger partial charge in [-0.25, -0.2) is 4.39 Å². The third kappa shape index (κ3) is 4.93. The molecule has 1 saturated heterocycles. The molecule has 0 spiro atoms. The Kier molecular flexibility index (Phi) is 6.79. The van der Waals surface area contributed by atoms with E-state index in [1.54, 1.807) is 11.8 Å². The number of ether oxygens (including phenoxy) is 1. The first-order valence-electron chi connectivity index (χ1n) is 8.37. The Morgan fingerprint density at radius 1 is 1.28 bits per heavy atom. The van der Waals surface area contributed by atoms with Crippen LogP contribution in [0.4, 0.5) is 4.39 Å². The predicted octanol–water partition coefficient (Wildman–Crippen LogP) is 3.05. The van der Waals surface area contributed by atoms with Crippen molar-refractivity contribution in [2.75, 3.05) is 26.2 Å². The van der Waals surface area contributed by atoms with Gasteiger partial charge < -0.3 is 9.64 Å². The van der Waals surface area contributed by atoms with Gasteiger partial charge in [-0.1, -0.05) is 13.8 Å². The minimum absolute atomic E-state index is 0.103. The van der Waals surface area contributed by atoms with E-state index in [4.69, 9.17) is 4.74 Å². The van der Waals surface area contributed by atoms with Crippen molar-refractivity contribution in [1.82, 2.24) is 9.80 Å². The summed E-state index contributed by atoms with van der Waals surface area (Å²) >= 11 is 3.24. The fraction of sp³-hybridized carbons (Fsp3) is 0.556. The summed E-state index contributed by atoms with van der Waals surface area (Å²) in [6.07, 6.45) is -0.662. The summed E-state index contributed by atoms with van der Waals surface area (Å²) in [6, 6.07) is 6.32. The molecule has 5 nitrogen and oxygen atoms in total. The number of rotatable bonds is 5. The fourth-order valence-corrected chi connectivity index (χ4v) is 3.39. The van der Waals surface area contributed by atoms with E-state index in [0.717, 1.165) is 0 Å². The van der Waals surface area contributed by atoms with Gasteiger partial charge in [-0.2, -0.15) is 5.26 Å². The summed E-state index contributed by atoms with van der Waals surface area (Å²) in [5.41, 5.74) is 0. The van der Waals surface area contributed by atoms with Crippen LogP contribution in [-0.2, 0) is 4.79 Å². The van der Waals surface area contributed by atoms with Crippen LogP contribution in [0.1, 0.15) is 20.8 Å². The molecule has 1 aliphatic heterocycles. The van der Waals surface area contributed by atoms with E-state index in [2.05, 4.69) is 26.9 Å². The summed E-state index contributed by atoms with van der Waals surface area (Å²) in [4.78, 5) is 16.5. The number of piperazine rings is 1. The quantitative estimate of drug-likeness (QED) is 0.746. The minimum Gasteiger partial charge on any atom is -0.480 e. The highest BCUT2D eigenvalue weighted by Gasteiger charge is 2.30. The van der Waals surface area contributed by atoms with Gasteiger partial charge in [0.2, 0.25) is 0 Å². The van der Waals surface area contributed by atoms with Gasteiger partial charge >= 0.3 is 0 Å². The van der Waals surface area contributed by atoms with Crippen molar-refractivity contribution in [1.29, 1.82) is 5.26 Å². The molecule has 1 heterocycles. The standard InChI is InChI=1S/C18H23BrFN3O2/c1-12(2)16(11-21)22-6-8-23(9-7-22)18(24)13(3)25-17-5-4-14(20)10-15(17)19/h4-5,10,12-13,16H,6-9H2,1-3H3. The van der Waals surface area contributed by atoms with Gasteiger partial charge in [0.05, 0.1) is 10.5 Å². The summed E-state index contributed by atoms with van der Waals surface area (Å²) in [6.45, 7) is 8.24. The molecule has 1 fully saturated rings. The Morgan fingerprint density at radius 3 is 2.44 bits per heavy atom. The Bertz CT molecular complexity index is 654. The third-order valence-electron chi connectivity index (χ3n) is 4.33. The summed E-state index contributed by atoms with van der Waals surface area (Å²) in [7, 11) is 0. The highest BCUT2D eigenvalue weighted by Crippen LogP contribution is 2.26. The average Bonchev–Trinajstić information content (AvgIpc) is 2.57. The van der Waals surface area contributed by atoms with Gasteiger partial charge in [0.15, 0.2) is 6.10 Å². The predicted molar refractivity (Wildman–Crippen MR) is 96.6 cm³/mol. The molecule has 2 atom stereocenters. The molecule has 0 aliphatic carbocycles. The van der Waals surface area contributed by atoms with Crippen molar-refractivity contribution in [3.63, 3.8) is 0 Å². The second kappa shape index (κ2) is 8.63. The lowest BCUT2D eigenvalue weighted by atomic mass is 10.0. The molecule has 1 amide bonds. The molecule has 1 aliphatic rings. The van der Waals surface area contributed by atoms with E-state index < -0.39 is 6.10 Å². The monoisotopic (exact) mass is 411 g/mol. The summed E-state index contributed by atoms with van der Waals surface area (Å²) in [5.74, 6) is 0.219. The van der Waals surface area contributed by atoms with E-state index in [1.807, 2.05) is 13.8 Å². The van der Waals surface area contributed by atoms with Gasteiger partial charge in [-0.05, 0) is 47.0 Å². The Morgan fingerprint density at radius 2 is 1.92 bits per heavy atom. The van der Waals surface area contributed by atoms with E-state index in [-0.39, 0.29) is 23.7 Å². The Labute approximate surface area is 156 Å². The molecule has 0 aromatic heterocycles. The van der Waals surface area contributed by atoms with Crippen molar-refractivity contribution < 1.29 is 13.9 Å². The number of carbonyl (C=O) groups is 1. The van der Waals surface area contributed by atoms with Gasteiger partial charge in [0.25, 0.3) is 5.91 Å². The number of amides is 1. The van der Waals surface area contributed by atoms with Crippen molar-refractivity contribution >= 4 is 21.8 Å². The largest absolute Gasteiger partial charge is 0.480 e. The number of nitriles is 1. The smallest absolute Gasteiger partial charge is 0.263 e. The number of carbonyl (C=O) groups excluding carboxylic acids is 1. The fourth-order valence-electron chi connectivity index (χ4n) is 2.94. The molecule has 136 valence electrons. The molecule has 2 unspecified atom stereocenters. The van der Waals surface area contributed by atoms with Gasteiger partial charge in [0, 0.05) is 26.2 Å². The molecule has 7 heteroatoms. The first-order chi connectivity index (χ1) is 11.8. The maximum Gasteiger partial charge on any atom is 0.263 e. The van der Waals surface area contributed by atoms with Crippen LogP contribution < -0.4 is 4.74 Å². The molecule has 0 saturated carbocycles. The average molecular weight is 412 g/mol. The number of nitrogens with zero attached hydrogens (tertiary/aromatic N) is 3.